The van der Waals surface area contributed by atoms with Gasteiger partial charge in [-0.15, -0.1) is 0 Å². The van der Waals surface area contributed by atoms with Crippen LogP contribution in [-0.4, -0.2) is 4.98 Å². The second-order valence-electron chi connectivity index (χ2n) is 3.19. The first kappa shape index (κ1) is 7.41. The lowest BCUT2D eigenvalue weighted by molar-refractivity contribution is 0.975. The number of hydrogen-bond donors (Lipinski definition) is 1. The highest BCUT2D eigenvalue weighted by molar-refractivity contribution is 5.83. The third-order valence-electron chi connectivity index (χ3n) is 2.15. The van der Waals surface area contributed by atoms with Gasteiger partial charge in [0.25, 0.3) is 0 Å². The molecule has 1 nitrogen and oxygen atoms in total. The third kappa shape index (κ3) is 1.02. The van der Waals surface area contributed by atoms with Gasteiger partial charge in [0.2, 0.25) is 0 Å². The van der Waals surface area contributed by atoms with Crippen molar-refractivity contribution in [3.05, 3.63) is 42.9 Å². The van der Waals surface area contributed by atoms with Gasteiger partial charge in [0.15, 0.2) is 0 Å². The first-order chi connectivity index (χ1) is 5.79. The molecule has 1 aromatic heterocycles. The van der Waals surface area contributed by atoms with Gasteiger partial charge in [0.1, 0.15) is 0 Å². The van der Waals surface area contributed by atoms with Crippen LogP contribution >= 0.6 is 0 Å². The van der Waals surface area contributed by atoms with Crippen LogP contribution in [0.2, 0.25) is 0 Å². The Morgan fingerprint density at radius 2 is 2.08 bits per heavy atom. The quantitative estimate of drug-likeness (QED) is 0.656. The largest absolute Gasteiger partial charge is 0.361 e. The molecule has 1 heteroatoms. The summed E-state index contributed by atoms with van der Waals surface area (Å²) in [7, 11) is 0. The third-order valence-corrected chi connectivity index (χ3v) is 2.15. The number of nitrogens with one attached hydrogen (secondary N) is 1. The maximum atomic E-state index is 4.01. The summed E-state index contributed by atoms with van der Waals surface area (Å²) >= 11 is 0. The number of fused-ring (bicyclic) bond motifs is 1. The number of rotatable bonds is 1. The van der Waals surface area contributed by atoms with Gasteiger partial charge >= 0.3 is 0 Å². The Hall–Kier alpha value is -1.24. The average Bonchev–Trinajstić information content (AvgIpc) is 2.47. The number of aromatic nitrogens is 1. The van der Waals surface area contributed by atoms with Gasteiger partial charge in [-0.3, -0.25) is 0 Å². The fourth-order valence-electron chi connectivity index (χ4n) is 1.50. The Labute approximate surface area is 72.4 Å². The molecular formula is C11H12N. The molecule has 1 atom stereocenters. The van der Waals surface area contributed by atoms with Crippen molar-refractivity contribution in [2.45, 2.75) is 12.8 Å². The summed E-state index contributed by atoms with van der Waals surface area (Å²) in [5.74, 6) is 0.348. The number of para-hydroxylation sites is 1. The monoisotopic (exact) mass is 158 g/mol. The molecule has 1 aromatic carbocycles. The van der Waals surface area contributed by atoms with Crippen molar-refractivity contribution in [2.24, 2.45) is 0 Å². The highest BCUT2D eigenvalue weighted by Gasteiger charge is 2.05. The van der Waals surface area contributed by atoms with Crippen molar-refractivity contribution in [3.8, 4) is 0 Å². The van der Waals surface area contributed by atoms with E-state index in [-0.39, 0.29) is 0 Å². The van der Waals surface area contributed by atoms with E-state index in [1.807, 2.05) is 12.3 Å². The zero-order valence-corrected chi connectivity index (χ0v) is 7.17. The molecule has 1 radical (unpaired) electrons. The first-order valence-corrected chi connectivity index (χ1v) is 4.18. The fourth-order valence-corrected chi connectivity index (χ4v) is 1.50. The molecule has 2 aromatic rings. The van der Waals surface area contributed by atoms with Gasteiger partial charge in [-0.2, -0.15) is 0 Å². The van der Waals surface area contributed by atoms with Crippen LogP contribution < -0.4 is 0 Å². The molecule has 1 unspecified atom stereocenters. The second kappa shape index (κ2) is 2.67. The SMILES string of the molecule is [CH2]C(C)c1c[nH]c2ccccc12. The summed E-state index contributed by atoms with van der Waals surface area (Å²) in [6.07, 6.45) is 2.04. The molecule has 61 valence electrons. The molecule has 0 aliphatic heterocycles. The summed E-state index contributed by atoms with van der Waals surface area (Å²) < 4.78 is 0. The van der Waals surface area contributed by atoms with E-state index in [9.17, 15) is 0 Å². The van der Waals surface area contributed by atoms with E-state index >= 15 is 0 Å². The van der Waals surface area contributed by atoms with E-state index in [0.29, 0.717) is 5.92 Å². The van der Waals surface area contributed by atoms with Crippen molar-refractivity contribution in [3.63, 3.8) is 0 Å². The predicted octanol–water partition coefficient (Wildman–Crippen LogP) is 3.11. The molecule has 1 heterocycles. The van der Waals surface area contributed by atoms with Gasteiger partial charge in [-0.25, -0.2) is 0 Å². The van der Waals surface area contributed by atoms with E-state index in [1.165, 1.54) is 16.5 Å². The van der Waals surface area contributed by atoms with Crippen LogP contribution in [0.4, 0.5) is 0 Å². The lowest BCUT2D eigenvalue weighted by atomic mass is 10.0. The summed E-state index contributed by atoms with van der Waals surface area (Å²) in [6.45, 7) is 6.12. The maximum absolute atomic E-state index is 4.01. The molecule has 1 N–H and O–H groups in total. The Kier molecular flexibility index (Phi) is 1.65. The van der Waals surface area contributed by atoms with E-state index in [1.54, 1.807) is 0 Å². The Morgan fingerprint density at radius 1 is 1.33 bits per heavy atom. The highest BCUT2D eigenvalue weighted by Crippen LogP contribution is 2.23. The van der Waals surface area contributed by atoms with Gasteiger partial charge in [0.05, 0.1) is 0 Å². The lowest BCUT2D eigenvalue weighted by Gasteiger charge is -2.00. The smallest absolute Gasteiger partial charge is 0.0456 e. The molecule has 0 fully saturated rings. The Bertz CT molecular complexity index is 385. The van der Waals surface area contributed by atoms with E-state index in [4.69, 9.17) is 0 Å². The van der Waals surface area contributed by atoms with Crippen molar-refractivity contribution in [1.29, 1.82) is 0 Å². The number of H-pyrrole nitrogens is 1. The van der Waals surface area contributed by atoms with Gasteiger partial charge in [0, 0.05) is 17.1 Å². The standard InChI is InChI=1S/C11H12N/c1-8(2)10-7-12-11-6-4-3-5-9(10)11/h3-8,12H,1H2,2H3. The molecule has 0 aliphatic rings. The molecule has 0 amide bonds. The molecule has 0 spiro atoms. The van der Waals surface area contributed by atoms with Crippen molar-refractivity contribution >= 4 is 10.9 Å². The number of aromatic amines is 1. The van der Waals surface area contributed by atoms with E-state index in [0.717, 1.165) is 0 Å². The topological polar surface area (TPSA) is 15.8 Å². The second-order valence-corrected chi connectivity index (χ2v) is 3.19. The summed E-state index contributed by atoms with van der Waals surface area (Å²) in [5.41, 5.74) is 2.49. The zero-order valence-electron chi connectivity index (χ0n) is 7.17. The molecule has 12 heavy (non-hydrogen) atoms. The van der Waals surface area contributed by atoms with Gasteiger partial charge in [-0.1, -0.05) is 25.1 Å². The zero-order chi connectivity index (χ0) is 8.55. The van der Waals surface area contributed by atoms with Crippen LogP contribution in [0.1, 0.15) is 18.4 Å². The van der Waals surface area contributed by atoms with Crippen LogP contribution in [0.5, 0.6) is 0 Å². The number of hydrogen-bond acceptors (Lipinski definition) is 0. The van der Waals surface area contributed by atoms with Crippen LogP contribution in [0.25, 0.3) is 10.9 Å². The molecule has 0 aliphatic carbocycles. The normalized spacial score (nSPS) is 11.2. The van der Waals surface area contributed by atoms with E-state index < -0.39 is 0 Å². The van der Waals surface area contributed by atoms with Crippen molar-refractivity contribution < 1.29 is 0 Å². The average molecular weight is 158 g/mol. The number of benzene rings is 1. The van der Waals surface area contributed by atoms with Gasteiger partial charge < -0.3 is 4.98 Å². The van der Waals surface area contributed by atoms with Crippen molar-refractivity contribution in [2.75, 3.05) is 0 Å². The van der Waals surface area contributed by atoms with Crippen LogP contribution in [-0.2, 0) is 0 Å². The Morgan fingerprint density at radius 3 is 2.83 bits per heavy atom. The van der Waals surface area contributed by atoms with Crippen molar-refractivity contribution in [1.82, 2.24) is 4.98 Å². The first-order valence-electron chi connectivity index (χ1n) is 4.18. The minimum Gasteiger partial charge on any atom is -0.361 e. The minimum absolute atomic E-state index is 0.348. The predicted molar refractivity (Wildman–Crippen MR) is 52.1 cm³/mol. The molecule has 0 saturated heterocycles. The van der Waals surface area contributed by atoms with E-state index in [2.05, 4.69) is 37.0 Å². The lowest BCUT2D eigenvalue weighted by Crippen LogP contribution is -1.83. The summed E-state index contributed by atoms with van der Waals surface area (Å²) in [6, 6.07) is 8.31. The molecule has 2 rings (SSSR count). The minimum atomic E-state index is 0.348. The fraction of sp³-hybridized carbons (Fsp3) is 0.182. The highest BCUT2D eigenvalue weighted by atomic mass is 14.7. The molecule has 0 saturated carbocycles. The van der Waals surface area contributed by atoms with Crippen LogP contribution in [0.15, 0.2) is 30.5 Å². The van der Waals surface area contributed by atoms with Gasteiger partial charge in [-0.05, 0) is 24.5 Å². The van der Waals surface area contributed by atoms with Crippen LogP contribution in [0.3, 0.4) is 0 Å². The maximum Gasteiger partial charge on any atom is 0.0456 e. The summed E-state index contributed by atoms with van der Waals surface area (Å²) in [5, 5.41) is 1.29. The molecular weight excluding hydrogens is 146 g/mol. The summed E-state index contributed by atoms with van der Waals surface area (Å²) in [4.78, 5) is 3.23. The molecule has 0 bridgehead atoms. The Balaban J connectivity index is 2.70. The van der Waals surface area contributed by atoms with Crippen LogP contribution in [0, 0.1) is 6.92 Å².